The molecule has 20 heavy (non-hydrogen) atoms. The van der Waals surface area contributed by atoms with Gasteiger partial charge in [-0.25, -0.2) is 0 Å². The van der Waals surface area contributed by atoms with E-state index in [1.54, 1.807) is 0 Å². The summed E-state index contributed by atoms with van der Waals surface area (Å²) in [4.78, 5) is 11.5. The summed E-state index contributed by atoms with van der Waals surface area (Å²) in [7, 11) is 0. The Hall–Kier alpha value is -1.55. The molecule has 0 aliphatic carbocycles. The molecule has 4 nitrogen and oxygen atoms in total. The minimum Gasteiger partial charge on any atom is -0.492 e. The Balaban J connectivity index is 2.91. The van der Waals surface area contributed by atoms with Gasteiger partial charge < -0.3 is 15.8 Å². The second-order valence-corrected chi connectivity index (χ2v) is 5.28. The quantitative estimate of drug-likeness (QED) is 0.806. The molecule has 0 saturated heterocycles. The van der Waals surface area contributed by atoms with Gasteiger partial charge in [0.05, 0.1) is 12.3 Å². The molecule has 1 unspecified atom stereocenters. The van der Waals surface area contributed by atoms with Gasteiger partial charge in [0.1, 0.15) is 5.75 Å². The van der Waals surface area contributed by atoms with Crippen molar-refractivity contribution in [2.45, 2.75) is 46.6 Å². The molecule has 0 heterocycles. The van der Waals surface area contributed by atoms with Crippen molar-refractivity contribution in [2.24, 2.45) is 11.7 Å². The van der Waals surface area contributed by atoms with Gasteiger partial charge in [-0.15, -0.1) is 0 Å². The standard InChI is InChI=1S/C16H26N2O2/c1-5-16(19)18-14-8-7-12(9-13(17)11(3)4)10-15(14)20-6-2/h7-8,10-11,13H,5-6,9,17H2,1-4H3,(H,18,19). The topological polar surface area (TPSA) is 64.3 Å². The van der Waals surface area contributed by atoms with Crippen LogP contribution in [0.25, 0.3) is 0 Å². The minimum atomic E-state index is -0.0161. The van der Waals surface area contributed by atoms with Crippen molar-refractivity contribution in [3.8, 4) is 5.75 Å². The summed E-state index contributed by atoms with van der Waals surface area (Å²) < 4.78 is 5.61. The fraction of sp³-hybridized carbons (Fsp3) is 0.562. The van der Waals surface area contributed by atoms with E-state index in [0.29, 0.717) is 24.7 Å². The van der Waals surface area contributed by atoms with Crippen LogP contribution in [0.2, 0.25) is 0 Å². The second-order valence-electron chi connectivity index (χ2n) is 5.28. The molecule has 1 aromatic carbocycles. The first-order chi connectivity index (χ1) is 9.47. The maximum Gasteiger partial charge on any atom is 0.224 e. The van der Waals surface area contributed by atoms with Crippen LogP contribution < -0.4 is 15.8 Å². The highest BCUT2D eigenvalue weighted by Crippen LogP contribution is 2.27. The van der Waals surface area contributed by atoms with E-state index in [4.69, 9.17) is 10.5 Å². The van der Waals surface area contributed by atoms with Crippen molar-refractivity contribution in [2.75, 3.05) is 11.9 Å². The number of nitrogens with two attached hydrogens (primary N) is 1. The molecule has 0 spiro atoms. The first-order valence-electron chi connectivity index (χ1n) is 7.29. The average Bonchev–Trinajstić information content (AvgIpc) is 2.41. The highest BCUT2D eigenvalue weighted by molar-refractivity contribution is 5.92. The van der Waals surface area contributed by atoms with E-state index in [-0.39, 0.29) is 11.9 Å². The molecule has 0 aromatic heterocycles. The summed E-state index contributed by atoms with van der Waals surface area (Å²) in [6.45, 7) is 8.55. The third-order valence-corrected chi connectivity index (χ3v) is 3.27. The van der Waals surface area contributed by atoms with E-state index >= 15 is 0 Å². The molecule has 1 aromatic rings. The van der Waals surface area contributed by atoms with Crippen LogP contribution in [-0.4, -0.2) is 18.6 Å². The number of ether oxygens (including phenoxy) is 1. The van der Waals surface area contributed by atoms with Gasteiger partial charge >= 0.3 is 0 Å². The van der Waals surface area contributed by atoms with Crippen molar-refractivity contribution in [1.29, 1.82) is 0 Å². The van der Waals surface area contributed by atoms with Crippen LogP contribution in [0.5, 0.6) is 5.75 Å². The summed E-state index contributed by atoms with van der Waals surface area (Å²) >= 11 is 0. The zero-order valence-electron chi connectivity index (χ0n) is 12.9. The van der Waals surface area contributed by atoms with Crippen LogP contribution in [-0.2, 0) is 11.2 Å². The van der Waals surface area contributed by atoms with E-state index in [9.17, 15) is 4.79 Å². The van der Waals surface area contributed by atoms with Crippen LogP contribution in [0.1, 0.15) is 39.7 Å². The number of anilines is 1. The van der Waals surface area contributed by atoms with E-state index < -0.39 is 0 Å². The number of carbonyl (C=O) groups excluding carboxylic acids is 1. The van der Waals surface area contributed by atoms with Crippen molar-refractivity contribution < 1.29 is 9.53 Å². The second kappa shape index (κ2) is 7.90. The van der Waals surface area contributed by atoms with Crippen LogP contribution in [0.15, 0.2) is 18.2 Å². The third kappa shape index (κ3) is 4.85. The minimum absolute atomic E-state index is 0.0161. The van der Waals surface area contributed by atoms with Gasteiger partial charge in [-0.05, 0) is 37.0 Å². The van der Waals surface area contributed by atoms with Gasteiger partial charge in [0.2, 0.25) is 5.91 Å². The molecular formula is C16H26N2O2. The summed E-state index contributed by atoms with van der Waals surface area (Å²) in [6.07, 6.45) is 1.26. The zero-order valence-corrected chi connectivity index (χ0v) is 12.9. The molecule has 0 bridgehead atoms. The molecule has 0 aliphatic heterocycles. The molecule has 112 valence electrons. The lowest BCUT2D eigenvalue weighted by Gasteiger charge is -2.17. The number of nitrogens with one attached hydrogen (secondary N) is 1. The van der Waals surface area contributed by atoms with Crippen LogP contribution in [0, 0.1) is 5.92 Å². The zero-order chi connectivity index (χ0) is 15.1. The Morgan fingerprint density at radius 2 is 2.05 bits per heavy atom. The predicted octanol–water partition coefficient (Wildman–Crippen LogP) is 2.96. The SMILES string of the molecule is CCOc1cc(CC(N)C(C)C)ccc1NC(=O)CC. The summed E-state index contributed by atoms with van der Waals surface area (Å²) in [6, 6.07) is 5.98. The molecule has 0 aliphatic rings. The van der Waals surface area contributed by atoms with Gasteiger partial charge in [0, 0.05) is 12.5 Å². The predicted molar refractivity (Wildman–Crippen MR) is 83.0 cm³/mol. The van der Waals surface area contributed by atoms with Crippen LogP contribution in [0.4, 0.5) is 5.69 Å². The maximum absolute atomic E-state index is 11.5. The lowest BCUT2D eigenvalue weighted by Crippen LogP contribution is -2.28. The molecule has 3 N–H and O–H groups in total. The lowest BCUT2D eigenvalue weighted by molar-refractivity contribution is -0.115. The summed E-state index contributed by atoms with van der Waals surface area (Å²) in [5.41, 5.74) is 7.95. The fourth-order valence-corrected chi connectivity index (χ4v) is 1.82. The highest BCUT2D eigenvalue weighted by Gasteiger charge is 2.12. The number of hydrogen-bond acceptors (Lipinski definition) is 3. The molecule has 1 atom stereocenters. The Labute approximate surface area is 121 Å². The molecule has 0 saturated carbocycles. The van der Waals surface area contributed by atoms with E-state index in [1.165, 1.54) is 0 Å². The van der Waals surface area contributed by atoms with Gasteiger partial charge in [-0.1, -0.05) is 26.8 Å². The Morgan fingerprint density at radius 3 is 2.60 bits per heavy atom. The van der Waals surface area contributed by atoms with Crippen LogP contribution in [0.3, 0.4) is 0 Å². The maximum atomic E-state index is 11.5. The van der Waals surface area contributed by atoms with Gasteiger partial charge in [0.15, 0.2) is 0 Å². The Kier molecular flexibility index (Phi) is 6.52. The first-order valence-corrected chi connectivity index (χ1v) is 7.29. The van der Waals surface area contributed by atoms with Crippen molar-refractivity contribution in [3.63, 3.8) is 0 Å². The monoisotopic (exact) mass is 278 g/mol. The largest absolute Gasteiger partial charge is 0.492 e. The summed E-state index contributed by atoms with van der Waals surface area (Å²) in [5.74, 6) is 1.13. The van der Waals surface area contributed by atoms with E-state index in [1.807, 2.05) is 32.0 Å². The third-order valence-electron chi connectivity index (χ3n) is 3.27. The molecule has 1 rings (SSSR count). The molecule has 1 amide bonds. The van der Waals surface area contributed by atoms with Crippen molar-refractivity contribution in [3.05, 3.63) is 23.8 Å². The molecule has 0 fully saturated rings. The number of rotatable bonds is 7. The first kappa shape index (κ1) is 16.5. The number of benzene rings is 1. The molecule has 0 radical (unpaired) electrons. The smallest absolute Gasteiger partial charge is 0.224 e. The van der Waals surface area contributed by atoms with E-state index in [0.717, 1.165) is 17.7 Å². The molecular weight excluding hydrogens is 252 g/mol. The van der Waals surface area contributed by atoms with Crippen LogP contribution >= 0.6 is 0 Å². The normalized spacial score (nSPS) is 12.3. The van der Waals surface area contributed by atoms with Crippen molar-refractivity contribution in [1.82, 2.24) is 0 Å². The van der Waals surface area contributed by atoms with E-state index in [2.05, 4.69) is 19.2 Å². The average molecular weight is 278 g/mol. The van der Waals surface area contributed by atoms with Crippen molar-refractivity contribution >= 4 is 11.6 Å². The number of hydrogen-bond donors (Lipinski definition) is 2. The fourth-order valence-electron chi connectivity index (χ4n) is 1.82. The van der Waals surface area contributed by atoms with Gasteiger partial charge in [-0.3, -0.25) is 4.79 Å². The van der Waals surface area contributed by atoms with Gasteiger partial charge in [0.25, 0.3) is 0 Å². The summed E-state index contributed by atoms with van der Waals surface area (Å²) in [5, 5.41) is 2.85. The molecule has 4 heteroatoms. The lowest BCUT2D eigenvalue weighted by atomic mass is 9.97. The Bertz CT molecular complexity index is 444. The number of amides is 1. The number of carbonyl (C=O) groups is 1. The Morgan fingerprint density at radius 1 is 1.35 bits per heavy atom. The van der Waals surface area contributed by atoms with Gasteiger partial charge in [-0.2, -0.15) is 0 Å². The highest BCUT2D eigenvalue weighted by atomic mass is 16.5.